The summed E-state index contributed by atoms with van der Waals surface area (Å²) in [7, 11) is 1.80. The van der Waals surface area contributed by atoms with Crippen LogP contribution in [0.25, 0.3) is 10.2 Å². The van der Waals surface area contributed by atoms with E-state index in [4.69, 9.17) is 9.47 Å². The van der Waals surface area contributed by atoms with Gasteiger partial charge in [-0.1, -0.05) is 11.3 Å². The van der Waals surface area contributed by atoms with Gasteiger partial charge in [0.2, 0.25) is 0 Å². The van der Waals surface area contributed by atoms with Gasteiger partial charge in [0.1, 0.15) is 0 Å². The van der Waals surface area contributed by atoms with Crippen LogP contribution in [0.2, 0.25) is 0 Å². The number of aryl methyl sites for hydroxylation is 2. The van der Waals surface area contributed by atoms with E-state index in [1.54, 1.807) is 17.8 Å². The van der Waals surface area contributed by atoms with E-state index in [9.17, 15) is 4.79 Å². The Morgan fingerprint density at radius 1 is 1.25 bits per heavy atom. The lowest BCUT2D eigenvalue weighted by Crippen LogP contribution is -2.12. The van der Waals surface area contributed by atoms with Crippen molar-refractivity contribution >= 4 is 32.6 Å². The van der Waals surface area contributed by atoms with Crippen LogP contribution in [0, 0.1) is 6.92 Å². The van der Waals surface area contributed by atoms with Crippen LogP contribution in [0.4, 0.5) is 5.13 Å². The highest BCUT2D eigenvalue weighted by molar-refractivity contribution is 7.22. The quantitative estimate of drug-likeness (QED) is 0.773. The minimum Gasteiger partial charge on any atom is -0.490 e. The number of carbonyl (C=O) groups is 1. The maximum absolute atomic E-state index is 12.3. The Morgan fingerprint density at radius 2 is 2.00 bits per heavy atom. The molecule has 0 unspecified atom stereocenters. The van der Waals surface area contributed by atoms with Gasteiger partial charge < -0.3 is 9.47 Å². The topological polar surface area (TPSA) is 78.3 Å². The van der Waals surface area contributed by atoms with Crippen molar-refractivity contribution in [3.8, 4) is 11.5 Å². The molecule has 2 aromatic heterocycles. The average molecular weight is 344 g/mol. The van der Waals surface area contributed by atoms with Gasteiger partial charge in [-0.3, -0.25) is 14.8 Å². The normalized spacial score (nSPS) is 13.8. The van der Waals surface area contributed by atoms with Gasteiger partial charge in [0, 0.05) is 31.3 Å². The van der Waals surface area contributed by atoms with Crippen LogP contribution >= 0.6 is 11.3 Å². The van der Waals surface area contributed by atoms with Gasteiger partial charge in [-0.05, 0) is 13.0 Å². The summed E-state index contributed by atoms with van der Waals surface area (Å²) in [6.45, 7) is 3.17. The summed E-state index contributed by atoms with van der Waals surface area (Å²) in [4.78, 5) is 16.8. The number of nitrogens with one attached hydrogen (secondary N) is 1. The SMILES string of the molecule is Cc1cc(C(=O)Nc2nc3cc4c(cc3s2)OCCCO4)nn1C. The molecule has 1 aliphatic rings. The van der Waals surface area contributed by atoms with Crippen molar-refractivity contribution in [2.24, 2.45) is 7.05 Å². The Kier molecular flexibility index (Phi) is 3.61. The van der Waals surface area contributed by atoms with E-state index in [0.29, 0.717) is 29.8 Å². The van der Waals surface area contributed by atoms with Gasteiger partial charge in [0.15, 0.2) is 22.3 Å². The lowest BCUT2D eigenvalue weighted by atomic mass is 10.3. The molecule has 124 valence electrons. The summed E-state index contributed by atoms with van der Waals surface area (Å²) in [6.07, 6.45) is 0.862. The first-order chi connectivity index (χ1) is 11.6. The van der Waals surface area contributed by atoms with Crippen molar-refractivity contribution in [1.29, 1.82) is 0 Å². The molecular weight excluding hydrogens is 328 g/mol. The molecule has 7 nitrogen and oxygen atoms in total. The zero-order chi connectivity index (χ0) is 16.7. The molecule has 0 saturated heterocycles. The summed E-state index contributed by atoms with van der Waals surface area (Å²) >= 11 is 1.40. The van der Waals surface area contributed by atoms with Crippen LogP contribution in [-0.2, 0) is 7.05 Å². The van der Waals surface area contributed by atoms with E-state index in [1.165, 1.54) is 11.3 Å². The number of thiazole rings is 1. The number of benzene rings is 1. The molecular formula is C16H16N4O3S. The molecule has 24 heavy (non-hydrogen) atoms. The van der Waals surface area contributed by atoms with Gasteiger partial charge in [0.05, 0.1) is 23.4 Å². The molecule has 0 aliphatic carbocycles. The first-order valence-corrected chi connectivity index (χ1v) is 8.44. The number of nitrogens with zero attached hydrogens (tertiary/aromatic N) is 3. The smallest absolute Gasteiger partial charge is 0.277 e. The predicted molar refractivity (Wildman–Crippen MR) is 91.1 cm³/mol. The zero-order valence-electron chi connectivity index (χ0n) is 13.3. The fourth-order valence-electron chi connectivity index (χ4n) is 2.47. The molecule has 1 aliphatic heterocycles. The Labute approximate surface area is 142 Å². The monoisotopic (exact) mass is 344 g/mol. The number of carbonyl (C=O) groups excluding carboxylic acids is 1. The Balaban J connectivity index is 1.62. The highest BCUT2D eigenvalue weighted by Crippen LogP contribution is 2.37. The molecule has 0 atom stereocenters. The Morgan fingerprint density at radius 3 is 2.71 bits per heavy atom. The first-order valence-electron chi connectivity index (χ1n) is 7.62. The van der Waals surface area contributed by atoms with Gasteiger partial charge >= 0.3 is 0 Å². The van der Waals surface area contributed by atoms with Gasteiger partial charge in [0.25, 0.3) is 5.91 Å². The maximum atomic E-state index is 12.3. The van der Waals surface area contributed by atoms with E-state index < -0.39 is 0 Å². The summed E-state index contributed by atoms with van der Waals surface area (Å²) < 4.78 is 14.0. The fraction of sp³-hybridized carbons (Fsp3) is 0.312. The summed E-state index contributed by atoms with van der Waals surface area (Å²) in [5.41, 5.74) is 2.07. The van der Waals surface area contributed by atoms with E-state index >= 15 is 0 Å². The average Bonchev–Trinajstić information content (AvgIpc) is 2.99. The van der Waals surface area contributed by atoms with Crippen molar-refractivity contribution in [2.75, 3.05) is 18.5 Å². The third kappa shape index (κ3) is 2.69. The highest BCUT2D eigenvalue weighted by atomic mass is 32.1. The van der Waals surface area contributed by atoms with Crippen molar-refractivity contribution in [3.05, 3.63) is 29.6 Å². The van der Waals surface area contributed by atoms with Crippen LogP contribution in [0.3, 0.4) is 0 Å². The molecule has 1 aromatic carbocycles. The Hall–Kier alpha value is -2.61. The molecule has 3 heterocycles. The van der Waals surface area contributed by atoms with Crippen molar-refractivity contribution in [2.45, 2.75) is 13.3 Å². The van der Waals surface area contributed by atoms with Crippen LogP contribution in [0.5, 0.6) is 11.5 Å². The third-order valence-electron chi connectivity index (χ3n) is 3.82. The molecule has 0 bridgehead atoms. The highest BCUT2D eigenvalue weighted by Gasteiger charge is 2.17. The second-order valence-electron chi connectivity index (χ2n) is 5.58. The molecule has 1 amide bonds. The Bertz CT molecular complexity index is 868. The number of rotatable bonds is 2. The molecule has 1 N–H and O–H groups in total. The molecule has 4 rings (SSSR count). The van der Waals surface area contributed by atoms with Gasteiger partial charge in [-0.2, -0.15) is 5.10 Å². The number of hydrogen-bond donors (Lipinski definition) is 1. The molecule has 0 fully saturated rings. The standard InChI is InChI=1S/C16H16N4O3S/c1-9-6-11(19-20(9)2)15(21)18-16-17-10-7-12-13(8-14(10)24-16)23-5-3-4-22-12/h6-8H,3-5H2,1-2H3,(H,17,18,21). The summed E-state index contributed by atoms with van der Waals surface area (Å²) in [6, 6.07) is 5.51. The first kappa shape index (κ1) is 14.9. The third-order valence-corrected chi connectivity index (χ3v) is 4.76. The van der Waals surface area contributed by atoms with Crippen LogP contribution in [0.15, 0.2) is 18.2 Å². The molecule has 0 radical (unpaired) electrons. The van der Waals surface area contributed by atoms with Crippen molar-refractivity contribution in [1.82, 2.24) is 14.8 Å². The van der Waals surface area contributed by atoms with Crippen molar-refractivity contribution < 1.29 is 14.3 Å². The largest absolute Gasteiger partial charge is 0.490 e. The second kappa shape index (κ2) is 5.79. The van der Waals surface area contributed by atoms with Crippen LogP contribution in [-0.4, -0.2) is 33.9 Å². The van der Waals surface area contributed by atoms with Crippen LogP contribution in [0.1, 0.15) is 22.6 Å². The predicted octanol–water partition coefficient (Wildman–Crippen LogP) is 2.75. The fourth-order valence-corrected chi connectivity index (χ4v) is 3.34. The van der Waals surface area contributed by atoms with Crippen molar-refractivity contribution in [3.63, 3.8) is 0 Å². The zero-order valence-corrected chi connectivity index (χ0v) is 14.1. The second-order valence-corrected chi connectivity index (χ2v) is 6.62. The van der Waals surface area contributed by atoms with Gasteiger partial charge in [-0.15, -0.1) is 0 Å². The lowest BCUT2D eigenvalue weighted by molar-refractivity contribution is 0.102. The molecule has 0 spiro atoms. The number of anilines is 1. The van der Waals surface area contributed by atoms with E-state index in [-0.39, 0.29) is 5.91 Å². The summed E-state index contributed by atoms with van der Waals surface area (Å²) in [5.74, 6) is 1.15. The maximum Gasteiger partial charge on any atom is 0.277 e. The van der Waals surface area contributed by atoms with Crippen LogP contribution < -0.4 is 14.8 Å². The number of aromatic nitrogens is 3. The number of ether oxygens (including phenoxy) is 2. The number of amides is 1. The van der Waals surface area contributed by atoms with E-state index in [0.717, 1.165) is 28.1 Å². The van der Waals surface area contributed by atoms with E-state index in [2.05, 4.69) is 15.4 Å². The molecule has 3 aromatic rings. The molecule has 0 saturated carbocycles. The minimum absolute atomic E-state index is 0.271. The number of hydrogen-bond acceptors (Lipinski definition) is 6. The number of fused-ring (bicyclic) bond motifs is 2. The van der Waals surface area contributed by atoms with E-state index in [1.807, 2.05) is 19.1 Å². The lowest BCUT2D eigenvalue weighted by Gasteiger charge is -2.05. The molecule has 8 heteroatoms. The summed E-state index contributed by atoms with van der Waals surface area (Å²) in [5, 5.41) is 7.50. The van der Waals surface area contributed by atoms with Gasteiger partial charge in [-0.25, -0.2) is 4.98 Å². The minimum atomic E-state index is -0.271.